The molecule has 3 aliphatic rings. The van der Waals surface area contributed by atoms with Crippen molar-refractivity contribution in [2.75, 3.05) is 33.7 Å². The van der Waals surface area contributed by atoms with Crippen LogP contribution >= 0.6 is 0 Å². The molecular weight excluding hydrogens is 264 g/mol. The smallest absolute Gasteiger partial charge is 0.239 e. The summed E-state index contributed by atoms with van der Waals surface area (Å²) in [5.41, 5.74) is 5.38. The van der Waals surface area contributed by atoms with Crippen molar-refractivity contribution in [3.63, 3.8) is 0 Å². The van der Waals surface area contributed by atoms with E-state index < -0.39 is 5.54 Å². The fourth-order valence-corrected chi connectivity index (χ4v) is 3.76. The summed E-state index contributed by atoms with van der Waals surface area (Å²) in [6, 6.07) is 1.12. The number of nitrogens with one attached hydrogen (secondary N) is 1. The van der Waals surface area contributed by atoms with Crippen LogP contribution in [0.1, 0.15) is 38.5 Å². The van der Waals surface area contributed by atoms with Crippen molar-refractivity contribution in [3.05, 3.63) is 0 Å². The maximum atomic E-state index is 12.3. The minimum Gasteiger partial charge on any atom is -0.368 e. The molecule has 5 heteroatoms. The van der Waals surface area contributed by atoms with E-state index in [9.17, 15) is 4.79 Å². The van der Waals surface area contributed by atoms with E-state index in [1.54, 1.807) is 0 Å². The quantitative estimate of drug-likeness (QED) is 0.713. The van der Waals surface area contributed by atoms with Crippen LogP contribution < -0.4 is 11.1 Å². The molecule has 0 aromatic heterocycles. The number of primary amides is 1. The minimum atomic E-state index is -0.477. The van der Waals surface area contributed by atoms with E-state index >= 15 is 0 Å². The van der Waals surface area contributed by atoms with Crippen molar-refractivity contribution in [3.8, 4) is 0 Å². The van der Waals surface area contributed by atoms with Gasteiger partial charge < -0.3 is 10.6 Å². The van der Waals surface area contributed by atoms with Gasteiger partial charge in [-0.25, -0.2) is 0 Å². The fourth-order valence-electron chi connectivity index (χ4n) is 3.76. The van der Waals surface area contributed by atoms with Crippen LogP contribution in [-0.4, -0.2) is 67.1 Å². The molecule has 1 aliphatic heterocycles. The van der Waals surface area contributed by atoms with Gasteiger partial charge in [-0.05, 0) is 65.1 Å². The van der Waals surface area contributed by atoms with Crippen LogP contribution in [0, 0.1) is 5.92 Å². The summed E-state index contributed by atoms with van der Waals surface area (Å²) < 4.78 is 0. The zero-order valence-electron chi connectivity index (χ0n) is 13.5. The first-order valence-corrected chi connectivity index (χ1v) is 8.47. The van der Waals surface area contributed by atoms with E-state index in [1.807, 2.05) is 0 Å². The highest BCUT2D eigenvalue weighted by Crippen LogP contribution is 2.42. The Balaban J connectivity index is 1.69. The van der Waals surface area contributed by atoms with Crippen molar-refractivity contribution in [1.82, 2.24) is 15.1 Å². The van der Waals surface area contributed by atoms with Crippen molar-refractivity contribution in [2.45, 2.75) is 56.1 Å². The van der Waals surface area contributed by atoms with Crippen LogP contribution in [0.5, 0.6) is 0 Å². The third kappa shape index (κ3) is 3.41. The first kappa shape index (κ1) is 15.3. The normalized spacial score (nSPS) is 30.3. The van der Waals surface area contributed by atoms with Gasteiger partial charge >= 0.3 is 0 Å². The Hall–Kier alpha value is -0.650. The molecule has 3 N–H and O–H groups in total. The monoisotopic (exact) mass is 294 g/mol. The van der Waals surface area contributed by atoms with Gasteiger partial charge in [-0.15, -0.1) is 0 Å². The number of piperidine rings is 1. The lowest BCUT2D eigenvalue weighted by molar-refractivity contribution is -0.126. The summed E-state index contributed by atoms with van der Waals surface area (Å²) >= 11 is 0. The number of carbonyl (C=O) groups is 1. The number of hydrogen-bond acceptors (Lipinski definition) is 4. The van der Waals surface area contributed by atoms with Gasteiger partial charge in [0, 0.05) is 25.2 Å². The van der Waals surface area contributed by atoms with Crippen molar-refractivity contribution >= 4 is 5.91 Å². The van der Waals surface area contributed by atoms with Crippen LogP contribution in [0.15, 0.2) is 0 Å². The van der Waals surface area contributed by atoms with E-state index in [0.717, 1.165) is 32.5 Å². The maximum absolute atomic E-state index is 12.3. The minimum absolute atomic E-state index is 0.135. The predicted octanol–water partition coefficient (Wildman–Crippen LogP) is 0.399. The van der Waals surface area contributed by atoms with Gasteiger partial charge in [0.15, 0.2) is 0 Å². The number of carbonyl (C=O) groups excluding carboxylic acids is 1. The van der Waals surface area contributed by atoms with Gasteiger partial charge in [-0.1, -0.05) is 0 Å². The van der Waals surface area contributed by atoms with Gasteiger partial charge in [0.1, 0.15) is 5.54 Å². The first-order chi connectivity index (χ1) is 10.0. The Morgan fingerprint density at radius 3 is 2.52 bits per heavy atom. The van der Waals surface area contributed by atoms with Gasteiger partial charge in [0.25, 0.3) is 0 Å². The van der Waals surface area contributed by atoms with Crippen LogP contribution in [0.2, 0.25) is 0 Å². The lowest BCUT2D eigenvalue weighted by Gasteiger charge is -2.42. The molecule has 2 aliphatic carbocycles. The van der Waals surface area contributed by atoms with E-state index in [0.29, 0.717) is 18.0 Å². The molecular formula is C16H30N4O. The summed E-state index contributed by atoms with van der Waals surface area (Å²) in [6.45, 7) is 2.95. The largest absolute Gasteiger partial charge is 0.368 e. The third-order valence-corrected chi connectivity index (χ3v) is 5.44. The van der Waals surface area contributed by atoms with Crippen molar-refractivity contribution in [1.29, 1.82) is 0 Å². The number of likely N-dealkylation sites (tertiary alicyclic amines) is 1. The fraction of sp³-hybridized carbons (Fsp3) is 0.938. The average molecular weight is 294 g/mol. The lowest BCUT2D eigenvalue weighted by atomic mass is 9.89. The molecule has 2 saturated carbocycles. The van der Waals surface area contributed by atoms with Crippen LogP contribution in [0.25, 0.3) is 0 Å². The molecule has 2 unspecified atom stereocenters. The molecule has 1 heterocycles. The number of nitrogens with zero attached hydrogens (tertiary/aromatic N) is 2. The third-order valence-electron chi connectivity index (χ3n) is 5.44. The van der Waals surface area contributed by atoms with Crippen LogP contribution in [0.4, 0.5) is 0 Å². The number of likely N-dealkylation sites (N-methyl/N-ethyl adjacent to an activating group) is 1. The number of hydrogen-bond donors (Lipinski definition) is 2. The standard InChI is InChI=1S/C16H30N4O/c1-19(2)14-4-3-9-20(10-14)11-16(15(17)21,12-5-6-12)18-13-7-8-13/h12-14,18H,3-11H2,1-2H3,(H2,17,21). The summed E-state index contributed by atoms with van der Waals surface area (Å²) in [7, 11) is 4.30. The zero-order chi connectivity index (χ0) is 15.0. The predicted molar refractivity (Wildman–Crippen MR) is 84.0 cm³/mol. The van der Waals surface area contributed by atoms with E-state index in [4.69, 9.17) is 5.73 Å². The second-order valence-corrected chi connectivity index (χ2v) is 7.52. The number of nitrogens with two attached hydrogens (primary N) is 1. The Labute approximate surface area is 128 Å². The molecule has 120 valence electrons. The molecule has 3 rings (SSSR count). The number of amides is 1. The van der Waals surface area contributed by atoms with Gasteiger partial charge in [-0.3, -0.25) is 15.0 Å². The summed E-state index contributed by atoms with van der Waals surface area (Å²) in [6.07, 6.45) is 7.16. The summed E-state index contributed by atoms with van der Waals surface area (Å²) in [5, 5.41) is 3.63. The molecule has 1 saturated heterocycles. The second kappa shape index (κ2) is 5.86. The topological polar surface area (TPSA) is 61.6 Å². The SMILES string of the molecule is CN(C)C1CCCN(CC(NC2CC2)(C(N)=O)C2CC2)C1. The van der Waals surface area contributed by atoms with Crippen LogP contribution in [-0.2, 0) is 4.79 Å². The highest BCUT2D eigenvalue weighted by Gasteiger charge is 2.52. The molecule has 0 aromatic carbocycles. The van der Waals surface area contributed by atoms with E-state index in [-0.39, 0.29) is 5.91 Å². The number of rotatable bonds is 7. The molecule has 0 radical (unpaired) electrons. The molecule has 5 nitrogen and oxygen atoms in total. The molecule has 0 bridgehead atoms. The summed E-state index contributed by atoms with van der Waals surface area (Å²) in [4.78, 5) is 17.1. The van der Waals surface area contributed by atoms with Crippen molar-refractivity contribution in [2.24, 2.45) is 11.7 Å². The highest BCUT2D eigenvalue weighted by atomic mass is 16.1. The highest BCUT2D eigenvalue weighted by molar-refractivity contribution is 5.86. The Bertz CT molecular complexity index is 392. The van der Waals surface area contributed by atoms with Gasteiger partial charge in [0.2, 0.25) is 5.91 Å². The maximum Gasteiger partial charge on any atom is 0.239 e. The Kier molecular flexibility index (Phi) is 4.26. The lowest BCUT2D eigenvalue weighted by Crippen LogP contribution is -2.65. The van der Waals surface area contributed by atoms with Gasteiger partial charge in [-0.2, -0.15) is 0 Å². The van der Waals surface area contributed by atoms with Crippen molar-refractivity contribution < 1.29 is 4.79 Å². The zero-order valence-corrected chi connectivity index (χ0v) is 13.5. The Morgan fingerprint density at radius 2 is 2.00 bits per heavy atom. The van der Waals surface area contributed by atoms with Gasteiger partial charge in [0.05, 0.1) is 0 Å². The molecule has 3 fully saturated rings. The Morgan fingerprint density at radius 1 is 1.29 bits per heavy atom. The summed E-state index contributed by atoms with van der Waals surface area (Å²) in [5.74, 6) is 0.319. The first-order valence-electron chi connectivity index (χ1n) is 8.47. The average Bonchev–Trinajstić information content (AvgIpc) is 3.31. The second-order valence-electron chi connectivity index (χ2n) is 7.52. The molecule has 1 amide bonds. The van der Waals surface area contributed by atoms with E-state index in [2.05, 4.69) is 29.2 Å². The van der Waals surface area contributed by atoms with Crippen LogP contribution in [0.3, 0.4) is 0 Å². The molecule has 21 heavy (non-hydrogen) atoms. The molecule has 0 aromatic rings. The molecule has 0 spiro atoms. The molecule has 2 atom stereocenters. The van der Waals surface area contributed by atoms with E-state index in [1.165, 1.54) is 25.7 Å².